The number of rotatable bonds is 6. The summed E-state index contributed by atoms with van der Waals surface area (Å²) >= 11 is 0. The van der Waals surface area contributed by atoms with Crippen LogP contribution in [0.2, 0.25) is 0 Å². The topological polar surface area (TPSA) is 83.6 Å². The molecule has 2 unspecified atom stereocenters. The average molecular weight is 256 g/mol. The quantitative estimate of drug-likeness (QED) is 0.700. The molecule has 1 aliphatic heterocycles. The van der Waals surface area contributed by atoms with Crippen molar-refractivity contribution in [2.24, 2.45) is 11.7 Å². The van der Waals surface area contributed by atoms with E-state index < -0.39 is 12.0 Å². The fraction of sp³-hybridized carbons (Fsp3) is 0.846. The number of piperidine rings is 1. The van der Waals surface area contributed by atoms with E-state index >= 15 is 0 Å². The van der Waals surface area contributed by atoms with Crippen molar-refractivity contribution in [3.8, 4) is 0 Å². The Labute approximate surface area is 108 Å². The molecular formula is C13H24N2O3. The van der Waals surface area contributed by atoms with Gasteiger partial charge in [-0.15, -0.1) is 0 Å². The van der Waals surface area contributed by atoms with Crippen LogP contribution in [0.1, 0.15) is 45.4 Å². The van der Waals surface area contributed by atoms with E-state index in [9.17, 15) is 14.7 Å². The van der Waals surface area contributed by atoms with E-state index in [-0.39, 0.29) is 5.91 Å². The molecule has 1 amide bonds. The molecule has 5 nitrogen and oxygen atoms in total. The highest BCUT2D eigenvalue weighted by Gasteiger charge is 2.34. The van der Waals surface area contributed by atoms with Crippen LogP contribution in [-0.2, 0) is 9.59 Å². The van der Waals surface area contributed by atoms with E-state index in [0.29, 0.717) is 31.8 Å². The van der Waals surface area contributed by atoms with Crippen LogP contribution in [0, 0.1) is 5.92 Å². The lowest BCUT2D eigenvalue weighted by atomic mass is 9.88. The predicted octanol–water partition coefficient (Wildman–Crippen LogP) is 1.22. The number of carbonyl (C=O) groups is 2. The predicted molar refractivity (Wildman–Crippen MR) is 69.1 cm³/mol. The molecule has 1 aliphatic rings. The van der Waals surface area contributed by atoms with Gasteiger partial charge in [0.25, 0.3) is 0 Å². The van der Waals surface area contributed by atoms with E-state index in [1.54, 1.807) is 4.90 Å². The standard InChI is InChI=1S/C13H24N2O3/c1-2-10-6-8-15(11(9-10)13(17)18)12(16)5-3-4-7-14/h10-11H,2-9,14H2,1H3,(H,17,18). The molecule has 3 N–H and O–H groups in total. The van der Waals surface area contributed by atoms with Crippen molar-refractivity contribution in [1.82, 2.24) is 4.90 Å². The van der Waals surface area contributed by atoms with Crippen molar-refractivity contribution in [2.75, 3.05) is 13.1 Å². The van der Waals surface area contributed by atoms with Gasteiger partial charge in [0.15, 0.2) is 0 Å². The maximum Gasteiger partial charge on any atom is 0.326 e. The monoisotopic (exact) mass is 256 g/mol. The number of aliphatic carboxylic acids is 1. The molecule has 104 valence electrons. The van der Waals surface area contributed by atoms with Crippen LogP contribution in [0.3, 0.4) is 0 Å². The highest BCUT2D eigenvalue weighted by atomic mass is 16.4. The van der Waals surface area contributed by atoms with Crippen LogP contribution in [0.5, 0.6) is 0 Å². The van der Waals surface area contributed by atoms with Gasteiger partial charge in [0.2, 0.25) is 5.91 Å². The summed E-state index contributed by atoms with van der Waals surface area (Å²) in [6.45, 7) is 3.23. The van der Waals surface area contributed by atoms with E-state index in [2.05, 4.69) is 6.92 Å². The molecule has 0 spiro atoms. The zero-order valence-electron chi connectivity index (χ0n) is 11.1. The molecular weight excluding hydrogens is 232 g/mol. The van der Waals surface area contributed by atoms with Crippen LogP contribution in [0.25, 0.3) is 0 Å². The minimum absolute atomic E-state index is 0.0367. The number of likely N-dealkylation sites (tertiary alicyclic amines) is 1. The van der Waals surface area contributed by atoms with Crippen LogP contribution in [0.4, 0.5) is 0 Å². The first-order chi connectivity index (χ1) is 8.60. The zero-order chi connectivity index (χ0) is 13.5. The molecule has 0 radical (unpaired) electrons. The highest BCUT2D eigenvalue weighted by Crippen LogP contribution is 2.26. The van der Waals surface area contributed by atoms with Crippen LogP contribution < -0.4 is 5.73 Å². The molecule has 1 saturated heterocycles. The fourth-order valence-corrected chi connectivity index (χ4v) is 2.51. The summed E-state index contributed by atoms with van der Waals surface area (Å²) in [5.41, 5.74) is 5.39. The minimum atomic E-state index is -0.875. The van der Waals surface area contributed by atoms with Crippen molar-refractivity contribution in [3.63, 3.8) is 0 Å². The first-order valence-corrected chi connectivity index (χ1v) is 6.82. The molecule has 0 aromatic rings. The second-order valence-corrected chi connectivity index (χ2v) is 4.99. The van der Waals surface area contributed by atoms with Gasteiger partial charge in [-0.25, -0.2) is 4.79 Å². The van der Waals surface area contributed by atoms with Crippen molar-refractivity contribution >= 4 is 11.9 Å². The van der Waals surface area contributed by atoms with Gasteiger partial charge in [0.1, 0.15) is 6.04 Å². The molecule has 2 atom stereocenters. The Hall–Kier alpha value is -1.10. The average Bonchev–Trinajstić information content (AvgIpc) is 2.38. The van der Waals surface area contributed by atoms with Gasteiger partial charge in [-0.05, 0) is 38.1 Å². The third-order valence-electron chi connectivity index (χ3n) is 3.74. The molecule has 0 aromatic carbocycles. The Morgan fingerprint density at radius 3 is 2.67 bits per heavy atom. The minimum Gasteiger partial charge on any atom is -0.480 e. The molecule has 18 heavy (non-hydrogen) atoms. The van der Waals surface area contributed by atoms with Gasteiger partial charge in [-0.2, -0.15) is 0 Å². The molecule has 1 rings (SSSR count). The van der Waals surface area contributed by atoms with Crippen LogP contribution in [0.15, 0.2) is 0 Å². The van der Waals surface area contributed by atoms with Gasteiger partial charge in [0.05, 0.1) is 0 Å². The summed E-state index contributed by atoms with van der Waals surface area (Å²) in [6, 6.07) is -0.630. The van der Waals surface area contributed by atoms with Gasteiger partial charge in [-0.1, -0.05) is 13.3 Å². The molecule has 0 bridgehead atoms. The van der Waals surface area contributed by atoms with E-state index in [1.165, 1.54) is 0 Å². The number of unbranched alkanes of at least 4 members (excludes halogenated alkanes) is 1. The maximum atomic E-state index is 12.0. The number of nitrogens with two attached hydrogens (primary N) is 1. The lowest BCUT2D eigenvalue weighted by Gasteiger charge is -2.37. The summed E-state index contributed by atoms with van der Waals surface area (Å²) in [5, 5.41) is 9.23. The molecule has 5 heteroatoms. The van der Waals surface area contributed by atoms with Crippen LogP contribution in [-0.4, -0.2) is 41.0 Å². The first kappa shape index (κ1) is 15.0. The fourth-order valence-electron chi connectivity index (χ4n) is 2.51. The zero-order valence-corrected chi connectivity index (χ0v) is 11.1. The highest BCUT2D eigenvalue weighted by molar-refractivity contribution is 5.83. The number of carbonyl (C=O) groups excluding carboxylic acids is 1. The molecule has 0 saturated carbocycles. The Morgan fingerprint density at radius 2 is 2.11 bits per heavy atom. The largest absolute Gasteiger partial charge is 0.480 e. The Bertz CT molecular complexity index is 294. The summed E-state index contributed by atoms with van der Waals surface area (Å²) in [6.07, 6.45) is 4.47. The SMILES string of the molecule is CCC1CCN(C(=O)CCCCN)C(C(=O)O)C1. The molecule has 0 aliphatic carbocycles. The van der Waals surface area contributed by atoms with Crippen LogP contribution >= 0.6 is 0 Å². The lowest BCUT2D eigenvalue weighted by molar-refractivity contribution is -0.153. The summed E-state index contributed by atoms with van der Waals surface area (Å²) in [7, 11) is 0. The maximum absolute atomic E-state index is 12.0. The second kappa shape index (κ2) is 7.36. The summed E-state index contributed by atoms with van der Waals surface area (Å²) < 4.78 is 0. The van der Waals surface area contributed by atoms with E-state index in [1.807, 2.05) is 0 Å². The van der Waals surface area contributed by atoms with Crippen molar-refractivity contribution in [1.29, 1.82) is 0 Å². The first-order valence-electron chi connectivity index (χ1n) is 6.82. The third kappa shape index (κ3) is 3.98. The number of carboxylic acid groups (broad SMARTS) is 1. The number of hydrogen-bond donors (Lipinski definition) is 2. The normalized spacial score (nSPS) is 24.0. The van der Waals surface area contributed by atoms with Crippen molar-refractivity contribution in [2.45, 2.75) is 51.5 Å². The molecule has 1 fully saturated rings. The van der Waals surface area contributed by atoms with Crippen molar-refractivity contribution in [3.05, 3.63) is 0 Å². The van der Waals surface area contributed by atoms with E-state index in [4.69, 9.17) is 5.73 Å². The number of carboxylic acids is 1. The Balaban J connectivity index is 2.56. The van der Waals surface area contributed by atoms with Gasteiger partial charge < -0.3 is 15.7 Å². The third-order valence-corrected chi connectivity index (χ3v) is 3.74. The number of amides is 1. The molecule has 0 aromatic heterocycles. The Morgan fingerprint density at radius 1 is 1.39 bits per heavy atom. The molecule has 1 heterocycles. The van der Waals surface area contributed by atoms with Gasteiger partial charge >= 0.3 is 5.97 Å². The van der Waals surface area contributed by atoms with Crippen molar-refractivity contribution < 1.29 is 14.7 Å². The van der Waals surface area contributed by atoms with Gasteiger partial charge in [0, 0.05) is 13.0 Å². The lowest BCUT2D eigenvalue weighted by Crippen LogP contribution is -2.50. The Kier molecular flexibility index (Phi) is 6.12. The van der Waals surface area contributed by atoms with E-state index in [0.717, 1.165) is 25.7 Å². The number of hydrogen-bond acceptors (Lipinski definition) is 3. The summed E-state index contributed by atoms with van der Waals surface area (Å²) in [5.74, 6) is -0.482. The van der Waals surface area contributed by atoms with Gasteiger partial charge in [-0.3, -0.25) is 4.79 Å². The number of nitrogens with zero attached hydrogens (tertiary/aromatic N) is 1. The second-order valence-electron chi connectivity index (χ2n) is 4.99. The summed E-state index contributed by atoms with van der Waals surface area (Å²) in [4.78, 5) is 24.8. The smallest absolute Gasteiger partial charge is 0.326 e.